The molecule has 27 heavy (non-hydrogen) atoms. The Hall–Kier alpha value is -2.89. The minimum Gasteiger partial charge on any atom is -0.484 e. The molecule has 0 unspecified atom stereocenters. The van der Waals surface area contributed by atoms with E-state index < -0.39 is 0 Å². The predicted molar refractivity (Wildman–Crippen MR) is 100 cm³/mol. The lowest BCUT2D eigenvalue weighted by Gasteiger charge is -2.22. The van der Waals surface area contributed by atoms with Crippen molar-refractivity contribution in [2.75, 3.05) is 32.8 Å². The molecule has 2 aromatic rings. The number of rotatable bonds is 4. The Labute approximate surface area is 158 Å². The first kappa shape index (κ1) is 18.9. The monoisotopic (exact) mass is 370 g/mol. The fourth-order valence-corrected chi connectivity index (χ4v) is 3.08. The van der Waals surface area contributed by atoms with Crippen molar-refractivity contribution in [3.05, 3.63) is 65.5 Å². The van der Waals surface area contributed by atoms with E-state index in [9.17, 15) is 14.0 Å². The number of ether oxygens (including phenoxy) is 1. The topological polar surface area (TPSA) is 49.9 Å². The molecular formula is C21H23FN2O3. The first-order chi connectivity index (χ1) is 13.0. The molecule has 1 saturated heterocycles. The fourth-order valence-electron chi connectivity index (χ4n) is 3.08. The lowest BCUT2D eigenvalue weighted by molar-refractivity contribution is -0.133. The second-order valence-electron chi connectivity index (χ2n) is 6.59. The summed E-state index contributed by atoms with van der Waals surface area (Å²) in [7, 11) is 0. The molecule has 0 bridgehead atoms. The standard InChI is InChI=1S/C21H23FN2O3/c1-16-14-17(8-9-19(16)22)21(26)24-11-5-10-23(12-13-24)20(25)15-27-18-6-3-2-4-7-18/h2-4,6-9,14H,5,10-13,15H2,1H3. The quantitative estimate of drug-likeness (QED) is 0.832. The van der Waals surface area contributed by atoms with Gasteiger partial charge in [0.15, 0.2) is 6.61 Å². The third kappa shape index (κ3) is 4.84. The number of carbonyl (C=O) groups excluding carboxylic acids is 2. The van der Waals surface area contributed by atoms with Crippen molar-refractivity contribution in [1.82, 2.24) is 9.80 Å². The second kappa shape index (κ2) is 8.66. The summed E-state index contributed by atoms with van der Waals surface area (Å²) in [5, 5.41) is 0. The van der Waals surface area contributed by atoms with Gasteiger partial charge in [-0.15, -0.1) is 0 Å². The summed E-state index contributed by atoms with van der Waals surface area (Å²) in [5.41, 5.74) is 0.923. The maximum atomic E-state index is 13.4. The number of hydrogen-bond donors (Lipinski definition) is 0. The molecule has 0 radical (unpaired) electrons. The van der Waals surface area contributed by atoms with E-state index >= 15 is 0 Å². The molecule has 2 amide bonds. The second-order valence-corrected chi connectivity index (χ2v) is 6.59. The van der Waals surface area contributed by atoms with Crippen LogP contribution in [0.15, 0.2) is 48.5 Å². The largest absolute Gasteiger partial charge is 0.484 e. The van der Waals surface area contributed by atoms with Gasteiger partial charge in [-0.05, 0) is 49.2 Å². The van der Waals surface area contributed by atoms with Gasteiger partial charge in [-0.1, -0.05) is 18.2 Å². The molecule has 1 heterocycles. The minimum atomic E-state index is -0.322. The first-order valence-electron chi connectivity index (χ1n) is 9.05. The molecule has 3 rings (SSSR count). The van der Waals surface area contributed by atoms with Crippen LogP contribution in [0.5, 0.6) is 5.75 Å². The first-order valence-corrected chi connectivity index (χ1v) is 9.05. The van der Waals surface area contributed by atoms with Crippen molar-refractivity contribution in [1.29, 1.82) is 0 Å². The normalized spacial score (nSPS) is 14.6. The lowest BCUT2D eigenvalue weighted by atomic mass is 10.1. The number of benzene rings is 2. The molecule has 6 heteroatoms. The number of amides is 2. The molecule has 142 valence electrons. The zero-order valence-electron chi connectivity index (χ0n) is 15.4. The van der Waals surface area contributed by atoms with Crippen LogP contribution < -0.4 is 4.74 Å². The van der Waals surface area contributed by atoms with E-state index in [1.54, 1.807) is 34.9 Å². The Morgan fingerprint density at radius 1 is 1.00 bits per heavy atom. The van der Waals surface area contributed by atoms with Crippen LogP contribution in [-0.4, -0.2) is 54.4 Å². The zero-order chi connectivity index (χ0) is 19.2. The predicted octanol–water partition coefficient (Wildman–Crippen LogP) is 2.89. The molecule has 0 atom stereocenters. The van der Waals surface area contributed by atoms with Gasteiger partial charge in [0.25, 0.3) is 11.8 Å². The van der Waals surface area contributed by atoms with Gasteiger partial charge in [-0.2, -0.15) is 0 Å². The zero-order valence-corrected chi connectivity index (χ0v) is 15.4. The minimum absolute atomic E-state index is 0.0187. The van der Waals surface area contributed by atoms with Crippen LogP contribution in [0, 0.1) is 12.7 Å². The van der Waals surface area contributed by atoms with Gasteiger partial charge in [-0.25, -0.2) is 4.39 Å². The van der Waals surface area contributed by atoms with E-state index in [1.165, 1.54) is 12.1 Å². The Kier molecular flexibility index (Phi) is 6.06. The Morgan fingerprint density at radius 3 is 2.44 bits per heavy atom. The number of hydrogen-bond acceptors (Lipinski definition) is 3. The highest BCUT2D eigenvalue weighted by Crippen LogP contribution is 2.14. The van der Waals surface area contributed by atoms with Crippen molar-refractivity contribution in [2.24, 2.45) is 0 Å². The number of aryl methyl sites for hydroxylation is 1. The third-order valence-corrected chi connectivity index (χ3v) is 4.65. The van der Waals surface area contributed by atoms with Gasteiger partial charge in [-0.3, -0.25) is 9.59 Å². The summed E-state index contributed by atoms with van der Waals surface area (Å²) < 4.78 is 18.9. The summed E-state index contributed by atoms with van der Waals surface area (Å²) in [4.78, 5) is 28.5. The van der Waals surface area contributed by atoms with Crippen molar-refractivity contribution in [3.8, 4) is 5.75 Å². The Morgan fingerprint density at radius 2 is 1.70 bits per heavy atom. The number of nitrogens with zero attached hydrogens (tertiary/aromatic N) is 2. The van der Waals surface area contributed by atoms with Gasteiger partial charge >= 0.3 is 0 Å². The maximum Gasteiger partial charge on any atom is 0.260 e. The van der Waals surface area contributed by atoms with Crippen LogP contribution >= 0.6 is 0 Å². The molecule has 0 aromatic heterocycles. The molecule has 0 spiro atoms. The van der Waals surface area contributed by atoms with Crippen LogP contribution in [0.3, 0.4) is 0 Å². The smallest absolute Gasteiger partial charge is 0.260 e. The van der Waals surface area contributed by atoms with E-state index in [0.717, 1.165) is 0 Å². The average molecular weight is 370 g/mol. The van der Waals surface area contributed by atoms with Gasteiger partial charge in [0.2, 0.25) is 0 Å². The number of halogens is 1. The highest BCUT2D eigenvalue weighted by Gasteiger charge is 2.23. The van der Waals surface area contributed by atoms with Crippen LogP contribution in [0.1, 0.15) is 22.3 Å². The molecule has 0 aliphatic carbocycles. The van der Waals surface area contributed by atoms with Crippen LogP contribution in [0.25, 0.3) is 0 Å². The highest BCUT2D eigenvalue weighted by atomic mass is 19.1. The van der Waals surface area contributed by atoms with Crippen molar-refractivity contribution in [3.63, 3.8) is 0 Å². The molecule has 0 N–H and O–H groups in total. The third-order valence-electron chi connectivity index (χ3n) is 4.65. The average Bonchev–Trinajstić information content (AvgIpc) is 2.95. The molecule has 0 saturated carbocycles. The number of carbonyl (C=O) groups is 2. The van der Waals surface area contributed by atoms with E-state index in [4.69, 9.17) is 4.74 Å². The van der Waals surface area contributed by atoms with Gasteiger partial charge < -0.3 is 14.5 Å². The molecule has 1 aliphatic rings. The van der Waals surface area contributed by atoms with Gasteiger partial charge in [0, 0.05) is 31.7 Å². The summed E-state index contributed by atoms with van der Waals surface area (Å²) in [6, 6.07) is 13.6. The molecular weight excluding hydrogens is 347 g/mol. The van der Waals surface area contributed by atoms with Gasteiger partial charge in [0.1, 0.15) is 11.6 Å². The summed E-state index contributed by atoms with van der Waals surface area (Å²) in [6.45, 7) is 3.69. The van der Waals surface area contributed by atoms with Crippen LogP contribution in [-0.2, 0) is 4.79 Å². The summed E-state index contributed by atoms with van der Waals surface area (Å²) in [5.74, 6) is 0.112. The van der Waals surface area contributed by atoms with Crippen molar-refractivity contribution in [2.45, 2.75) is 13.3 Å². The van der Waals surface area contributed by atoms with Crippen molar-refractivity contribution < 1.29 is 18.7 Å². The van der Waals surface area contributed by atoms with Crippen molar-refractivity contribution >= 4 is 11.8 Å². The van der Waals surface area contributed by atoms with E-state index in [1.807, 2.05) is 18.2 Å². The SMILES string of the molecule is Cc1cc(C(=O)N2CCCN(C(=O)COc3ccccc3)CC2)ccc1F. The summed E-state index contributed by atoms with van der Waals surface area (Å²) in [6.07, 6.45) is 0.697. The molecule has 1 fully saturated rings. The van der Waals surface area contributed by atoms with Gasteiger partial charge in [0.05, 0.1) is 0 Å². The van der Waals surface area contributed by atoms with Crippen LogP contribution in [0.2, 0.25) is 0 Å². The van der Waals surface area contributed by atoms with Crippen LogP contribution in [0.4, 0.5) is 4.39 Å². The Balaban J connectivity index is 1.55. The Bertz CT molecular complexity index is 810. The lowest BCUT2D eigenvalue weighted by Crippen LogP contribution is -2.39. The molecule has 1 aliphatic heterocycles. The van der Waals surface area contributed by atoms with E-state index in [2.05, 4.69) is 0 Å². The molecule has 2 aromatic carbocycles. The highest BCUT2D eigenvalue weighted by molar-refractivity contribution is 5.94. The fraction of sp³-hybridized carbons (Fsp3) is 0.333. The summed E-state index contributed by atoms with van der Waals surface area (Å²) >= 11 is 0. The maximum absolute atomic E-state index is 13.4. The number of para-hydroxylation sites is 1. The van der Waals surface area contributed by atoms with E-state index in [-0.39, 0.29) is 24.2 Å². The molecule has 5 nitrogen and oxygen atoms in total. The van der Waals surface area contributed by atoms with E-state index in [0.29, 0.717) is 49.5 Å².